The highest BCUT2D eigenvalue weighted by Gasteiger charge is 2.15. The Kier molecular flexibility index (Phi) is 33.8. The van der Waals surface area contributed by atoms with Crippen LogP contribution in [0.3, 0.4) is 0 Å². The van der Waals surface area contributed by atoms with Gasteiger partial charge in [-0.25, -0.2) is 0 Å². The zero-order valence-electron chi connectivity index (χ0n) is 29.0. The minimum Gasteiger partial charge on any atom is -0.462 e. The SMILES string of the molecule is CCC=CCC=CCC=CCC=CCCCCC(=O)OCC(CO)OC(=O)CCCC=CCC=CCC=CCC=CCCCCC. The number of aliphatic hydroxyl groups excluding tert-OH is 1. The Morgan fingerprint density at radius 2 is 0.935 bits per heavy atom. The summed E-state index contributed by atoms with van der Waals surface area (Å²) < 4.78 is 10.5. The zero-order chi connectivity index (χ0) is 33.6. The maximum atomic E-state index is 12.1. The first kappa shape index (κ1) is 42.8. The quantitative estimate of drug-likeness (QED) is 0.0482. The van der Waals surface area contributed by atoms with Gasteiger partial charge in [-0.15, -0.1) is 0 Å². The number of ether oxygens (including phenoxy) is 2. The van der Waals surface area contributed by atoms with Crippen LogP contribution in [-0.4, -0.2) is 36.4 Å². The molecule has 5 heteroatoms. The molecule has 258 valence electrons. The fraction of sp³-hybridized carbons (Fsp3) is 0.561. The van der Waals surface area contributed by atoms with Crippen molar-refractivity contribution in [2.75, 3.05) is 13.2 Å². The van der Waals surface area contributed by atoms with E-state index < -0.39 is 6.10 Å². The van der Waals surface area contributed by atoms with Gasteiger partial charge in [0.05, 0.1) is 6.61 Å². The lowest BCUT2D eigenvalue weighted by Crippen LogP contribution is -2.28. The number of allylic oxidation sites excluding steroid dienone is 16. The highest BCUT2D eigenvalue weighted by molar-refractivity contribution is 5.70. The van der Waals surface area contributed by atoms with Gasteiger partial charge in [0.2, 0.25) is 0 Å². The third-order valence-corrected chi connectivity index (χ3v) is 6.86. The molecule has 0 bridgehead atoms. The van der Waals surface area contributed by atoms with E-state index in [9.17, 15) is 14.7 Å². The Morgan fingerprint density at radius 3 is 1.39 bits per heavy atom. The molecule has 0 saturated carbocycles. The molecule has 1 atom stereocenters. The molecule has 0 fully saturated rings. The van der Waals surface area contributed by atoms with Crippen LogP contribution in [0.2, 0.25) is 0 Å². The normalized spacial score (nSPS) is 13.4. The lowest BCUT2D eigenvalue weighted by Gasteiger charge is -2.15. The number of carbonyl (C=O) groups excluding carboxylic acids is 2. The van der Waals surface area contributed by atoms with Crippen molar-refractivity contribution in [1.29, 1.82) is 0 Å². The van der Waals surface area contributed by atoms with Gasteiger partial charge in [0.25, 0.3) is 0 Å². The topological polar surface area (TPSA) is 72.8 Å². The predicted molar refractivity (Wildman–Crippen MR) is 195 cm³/mol. The van der Waals surface area contributed by atoms with Crippen molar-refractivity contribution in [2.45, 2.75) is 136 Å². The second-order valence-corrected chi connectivity index (χ2v) is 11.2. The van der Waals surface area contributed by atoms with E-state index in [0.717, 1.165) is 70.6 Å². The molecule has 0 saturated heterocycles. The monoisotopic (exact) mass is 636 g/mol. The Balaban J connectivity index is 3.80. The van der Waals surface area contributed by atoms with Crippen LogP contribution in [0.15, 0.2) is 97.2 Å². The molecule has 0 radical (unpaired) electrons. The Bertz CT molecular complexity index is 948. The molecule has 0 amide bonds. The first-order valence-corrected chi connectivity index (χ1v) is 17.8. The van der Waals surface area contributed by atoms with Crippen LogP contribution in [0.4, 0.5) is 0 Å². The van der Waals surface area contributed by atoms with E-state index in [1.165, 1.54) is 25.7 Å². The summed E-state index contributed by atoms with van der Waals surface area (Å²) in [5, 5.41) is 9.51. The highest BCUT2D eigenvalue weighted by atomic mass is 16.6. The first-order chi connectivity index (χ1) is 22.6. The number of esters is 2. The van der Waals surface area contributed by atoms with Crippen molar-refractivity contribution in [1.82, 2.24) is 0 Å². The third kappa shape index (κ3) is 33.7. The predicted octanol–water partition coefficient (Wildman–Crippen LogP) is 10.9. The smallest absolute Gasteiger partial charge is 0.306 e. The van der Waals surface area contributed by atoms with Crippen LogP contribution in [-0.2, 0) is 19.1 Å². The molecular formula is C41H64O5. The Morgan fingerprint density at radius 1 is 0.522 bits per heavy atom. The third-order valence-electron chi connectivity index (χ3n) is 6.86. The van der Waals surface area contributed by atoms with E-state index in [-0.39, 0.29) is 31.6 Å². The Labute approximate surface area is 281 Å². The molecule has 0 aliphatic carbocycles. The van der Waals surface area contributed by atoms with Gasteiger partial charge in [-0.2, -0.15) is 0 Å². The number of carbonyl (C=O) groups is 2. The Hall–Kier alpha value is -3.18. The second kappa shape index (κ2) is 36.3. The molecule has 0 aromatic heterocycles. The largest absolute Gasteiger partial charge is 0.462 e. The van der Waals surface area contributed by atoms with Crippen LogP contribution >= 0.6 is 0 Å². The lowest BCUT2D eigenvalue weighted by atomic mass is 10.2. The van der Waals surface area contributed by atoms with Gasteiger partial charge in [-0.3, -0.25) is 9.59 Å². The van der Waals surface area contributed by atoms with E-state index in [0.29, 0.717) is 12.8 Å². The number of aliphatic hydroxyl groups is 1. The number of hydrogen-bond donors (Lipinski definition) is 1. The summed E-state index contributed by atoms with van der Waals surface area (Å²) in [6.07, 6.45) is 50.4. The van der Waals surface area contributed by atoms with Crippen molar-refractivity contribution in [3.8, 4) is 0 Å². The summed E-state index contributed by atoms with van der Waals surface area (Å²) in [7, 11) is 0. The lowest BCUT2D eigenvalue weighted by molar-refractivity contribution is -0.161. The van der Waals surface area contributed by atoms with Gasteiger partial charge in [0.1, 0.15) is 6.61 Å². The van der Waals surface area contributed by atoms with Gasteiger partial charge in [-0.05, 0) is 89.9 Å². The van der Waals surface area contributed by atoms with Gasteiger partial charge < -0.3 is 14.6 Å². The second-order valence-electron chi connectivity index (χ2n) is 11.2. The molecule has 0 aromatic carbocycles. The maximum Gasteiger partial charge on any atom is 0.306 e. The fourth-order valence-corrected chi connectivity index (χ4v) is 4.18. The van der Waals surface area contributed by atoms with Crippen LogP contribution in [0, 0.1) is 0 Å². The first-order valence-electron chi connectivity index (χ1n) is 17.8. The molecule has 1 N–H and O–H groups in total. The van der Waals surface area contributed by atoms with Gasteiger partial charge >= 0.3 is 11.9 Å². The molecule has 5 nitrogen and oxygen atoms in total. The van der Waals surface area contributed by atoms with E-state index >= 15 is 0 Å². The molecule has 46 heavy (non-hydrogen) atoms. The fourth-order valence-electron chi connectivity index (χ4n) is 4.18. The number of rotatable bonds is 30. The molecule has 0 rings (SSSR count). The summed E-state index contributed by atoms with van der Waals surface area (Å²) in [5.74, 6) is -0.718. The zero-order valence-corrected chi connectivity index (χ0v) is 29.0. The molecule has 0 aliphatic heterocycles. The summed E-state index contributed by atoms with van der Waals surface area (Å²) in [5.41, 5.74) is 0. The maximum absolute atomic E-state index is 12.1. The summed E-state index contributed by atoms with van der Waals surface area (Å²) in [6, 6.07) is 0. The number of unbranched alkanes of at least 4 members (excludes halogenated alkanes) is 6. The highest BCUT2D eigenvalue weighted by Crippen LogP contribution is 2.07. The van der Waals surface area contributed by atoms with E-state index in [1.807, 2.05) is 0 Å². The van der Waals surface area contributed by atoms with E-state index in [1.54, 1.807) is 0 Å². The molecule has 0 heterocycles. The number of hydrogen-bond acceptors (Lipinski definition) is 5. The summed E-state index contributed by atoms with van der Waals surface area (Å²) >= 11 is 0. The standard InChI is InChI=1S/C41H64O5/c1-3-5-7-9-11-13-15-17-19-20-22-24-26-28-30-32-34-36-41(44)46-39(37-42)38-45-40(43)35-33-31-29-27-25-23-21-18-16-14-12-10-8-6-4-2/h6,8,11-14,17-19,21-22,24-25,27-28,30,39,42H,3-5,7,9-10,15-16,20,23,26,29,31-38H2,1-2H3. The molecule has 0 spiro atoms. The molecule has 0 aliphatic rings. The summed E-state index contributed by atoms with van der Waals surface area (Å²) in [6.45, 7) is 3.88. The van der Waals surface area contributed by atoms with E-state index in [4.69, 9.17) is 9.47 Å². The van der Waals surface area contributed by atoms with Crippen LogP contribution < -0.4 is 0 Å². The van der Waals surface area contributed by atoms with E-state index in [2.05, 4.69) is 111 Å². The minimum absolute atomic E-state index is 0.116. The molecule has 0 aromatic rings. The van der Waals surface area contributed by atoms with Crippen molar-refractivity contribution < 1.29 is 24.2 Å². The molecule has 1 unspecified atom stereocenters. The van der Waals surface area contributed by atoms with Crippen LogP contribution in [0.5, 0.6) is 0 Å². The average Bonchev–Trinajstić information content (AvgIpc) is 3.06. The van der Waals surface area contributed by atoms with Crippen LogP contribution in [0.1, 0.15) is 129 Å². The van der Waals surface area contributed by atoms with Crippen LogP contribution in [0.25, 0.3) is 0 Å². The summed E-state index contributed by atoms with van der Waals surface area (Å²) in [4.78, 5) is 24.1. The van der Waals surface area contributed by atoms with Gasteiger partial charge in [-0.1, -0.05) is 124 Å². The van der Waals surface area contributed by atoms with Crippen molar-refractivity contribution >= 4 is 11.9 Å². The minimum atomic E-state index is -0.822. The van der Waals surface area contributed by atoms with Crippen molar-refractivity contribution in [2.24, 2.45) is 0 Å². The van der Waals surface area contributed by atoms with Crippen molar-refractivity contribution in [3.63, 3.8) is 0 Å². The van der Waals surface area contributed by atoms with Gasteiger partial charge in [0, 0.05) is 12.8 Å². The molecular weight excluding hydrogens is 572 g/mol. The van der Waals surface area contributed by atoms with Gasteiger partial charge in [0.15, 0.2) is 6.10 Å². The van der Waals surface area contributed by atoms with Crippen molar-refractivity contribution in [3.05, 3.63) is 97.2 Å². The average molecular weight is 637 g/mol.